The van der Waals surface area contributed by atoms with Crippen LogP contribution in [0.25, 0.3) is 0 Å². The molecule has 0 saturated carbocycles. The van der Waals surface area contributed by atoms with Crippen molar-refractivity contribution in [2.75, 3.05) is 0 Å². The fourth-order valence-electron chi connectivity index (χ4n) is 0.989. The Morgan fingerprint density at radius 1 is 1.25 bits per heavy atom. The maximum absolute atomic E-state index is 11.5. The Balaban J connectivity index is 2.82. The van der Waals surface area contributed by atoms with Gasteiger partial charge in [0.05, 0.1) is 5.56 Å². The van der Waals surface area contributed by atoms with Crippen LogP contribution in [-0.2, 0) is 9.53 Å². The first-order chi connectivity index (χ1) is 7.65. The quantitative estimate of drug-likeness (QED) is 0.363. The highest BCUT2D eigenvalue weighted by atomic mass is 16.6. The van der Waals surface area contributed by atoms with E-state index in [1.165, 1.54) is 18.2 Å². The number of hydrogen-bond donors (Lipinski definition) is 1. The summed E-state index contributed by atoms with van der Waals surface area (Å²) in [5, 5.41) is 8.71. The van der Waals surface area contributed by atoms with Gasteiger partial charge in [-0.1, -0.05) is 30.9 Å². The molecule has 4 nitrogen and oxygen atoms in total. The van der Waals surface area contributed by atoms with Crippen LogP contribution in [0, 0.1) is 0 Å². The summed E-state index contributed by atoms with van der Waals surface area (Å²) in [7, 11) is 0. The Bertz CT molecular complexity index is 432. The molecule has 1 N–H and O–H groups in total. The SMILES string of the molecule is C=CC=C(OC(=O)c1ccccc1)C(=O)O. The molecule has 0 amide bonds. The van der Waals surface area contributed by atoms with Crippen LogP contribution in [0.15, 0.2) is 54.8 Å². The summed E-state index contributed by atoms with van der Waals surface area (Å²) in [5.41, 5.74) is 0.290. The van der Waals surface area contributed by atoms with Crippen molar-refractivity contribution in [2.24, 2.45) is 0 Å². The number of hydrogen-bond acceptors (Lipinski definition) is 3. The van der Waals surface area contributed by atoms with E-state index in [9.17, 15) is 9.59 Å². The van der Waals surface area contributed by atoms with Crippen molar-refractivity contribution in [3.05, 3.63) is 60.4 Å². The lowest BCUT2D eigenvalue weighted by molar-refractivity contribution is -0.135. The van der Waals surface area contributed by atoms with Gasteiger partial charge in [0.1, 0.15) is 0 Å². The van der Waals surface area contributed by atoms with Gasteiger partial charge in [-0.25, -0.2) is 9.59 Å². The van der Waals surface area contributed by atoms with Gasteiger partial charge in [0, 0.05) is 0 Å². The van der Waals surface area contributed by atoms with Gasteiger partial charge in [0.2, 0.25) is 5.76 Å². The van der Waals surface area contributed by atoms with Crippen molar-refractivity contribution in [3.63, 3.8) is 0 Å². The van der Waals surface area contributed by atoms with E-state index in [0.717, 1.165) is 6.08 Å². The molecule has 1 aromatic rings. The molecule has 0 aromatic heterocycles. The Labute approximate surface area is 92.5 Å². The van der Waals surface area contributed by atoms with E-state index in [2.05, 4.69) is 11.3 Å². The van der Waals surface area contributed by atoms with Crippen molar-refractivity contribution in [1.82, 2.24) is 0 Å². The maximum atomic E-state index is 11.5. The smallest absolute Gasteiger partial charge is 0.371 e. The Morgan fingerprint density at radius 2 is 1.88 bits per heavy atom. The van der Waals surface area contributed by atoms with Crippen molar-refractivity contribution < 1.29 is 19.4 Å². The van der Waals surface area contributed by atoms with Gasteiger partial charge in [0.25, 0.3) is 0 Å². The molecule has 1 aromatic carbocycles. The first-order valence-corrected chi connectivity index (χ1v) is 4.48. The largest absolute Gasteiger partial charge is 0.475 e. The number of benzene rings is 1. The predicted octanol–water partition coefficient (Wildman–Crippen LogP) is 2.00. The van der Waals surface area contributed by atoms with Crippen molar-refractivity contribution in [3.8, 4) is 0 Å². The summed E-state index contributed by atoms with van der Waals surface area (Å²) in [5.74, 6) is -2.48. The molecule has 0 spiro atoms. The van der Waals surface area contributed by atoms with Gasteiger partial charge >= 0.3 is 11.9 Å². The lowest BCUT2D eigenvalue weighted by atomic mass is 10.2. The second-order valence-electron chi connectivity index (χ2n) is 2.83. The van der Waals surface area contributed by atoms with E-state index in [-0.39, 0.29) is 0 Å². The van der Waals surface area contributed by atoms with Crippen molar-refractivity contribution in [1.29, 1.82) is 0 Å². The fourth-order valence-corrected chi connectivity index (χ4v) is 0.989. The number of carboxylic acids is 1. The summed E-state index contributed by atoms with van der Waals surface area (Å²) in [4.78, 5) is 22.1. The number of esters is 1. The molecule has 0 radical (unpaired) electrons. The molecule has 0 aliphatic carbocycles. The fraction of sp³-hybridized carbons (Fsp3) is 0. The molecule has 0 bridgehead atoms. The van der Waals surface area contributed by atoms with Crippen LogP contribution in [-0.4, -0.2) is 17.0 Å². The van der Waals surface area contributed by atoms with Gasteiger partial charge in [-0.05, 0) is 18.2 Å². The van der Waals surface area contributed by atoms with Crippen LogP contribution in [0.1, 0.15) is 10.4 Å². The topological polar surface area (TPSA) is 63.6 Å². The van der Waals surface area contributed by atoms with Crippen molar-refractivity contribution in [2.45, 2.75) is 0 Å². The highest BCUT2D eigenvalue weighted by Crippen LogP contribution is 2.06. The standard InChI is InChI=1S/C12H10O4/c1-2-6-10(11(13)14)16-12(15)9-7-4-3-5-8-9/h2-8H,1H2,(H,13,14). The molecular weight excluding hydrogens is 208 g/mol. The van der Waals surface area contributed by atoms with Gasteiger partial charge in [-0.3, -0.25) is 0 Å². The molecule has 0 atom stereocenters. The number of carbonyl (C=O) groups is 2. The summed E-state index contributed by atoms with van der Waals surface area (Å²) < 4.78 is 4.69. The van der Waals surface area contributed by atoms with Gasteiger partial charge in [-0.2, -0.15) is 0 Å². The highest BCUT2D eigenvalue weighted by molar-refractivity contribution is 5.95. The van der Waals surface area contributed by atoms with E-state index in [1.807, 2.05) is 0 Å². The molecule has 82 valence electrons. The highest BCUT2D eigenvalue weighted by Gasteiger charge is 2.14. The van der Waals surface area contributed by atoms with E-state index in [4.69, 9.17) is 5.11 Å². The van der Waals surface area contributed by atoms with E-state index in [1.54, 1.807) is 18.2 Å². The number of carbonyl (C=O) groups excluding carboxylic acids is 1. The number of rotatable bonds is 4. The minimum atomic E-state index is -1.32. The lowest BCUT2D eigenvalue weighted by Gasteiger charge is -2.03. The van der Waals surface area contributed by atoms with E-state index >= 15 is 0 Å². The molecule has 0 heterocycles. The second kappa shape index (κ2) is 5.50. The molecule has 0 saturated heterocycles. The predicted molar refractivity (Wildman–Crippen MR) is 57.8 cm³/mol. The zero-order valence-electron chi connectivity index (χ0n) is 8.42. The van der Waals surface area contributed by atoms with Crippen LogP contribution >= 0.6 is 0 Å². The molecule has 1 rings (SSSR count). The summed E-state index contributed by atoms with van der Waals surface area (Å²) >= 11 is 0. The molecule has 0 unspecified atom stereocenters. The Morgan fingerprint density at radius 3 is 2.38 bits per heavy atom. The third-order valence-electron chi connectivity index (χ3n) is 1.69. The molecular formula is C12H10O4. The molecule has 4 heteroatoms. The van der Waals surface area contributed by atoms with Crippen LogP contribution in [0.5, 0.6) is 0 Å². The third-order valence-corrected chi connectivity index (χ3v) is 1.69. The molecule has 16 heavy (non-hydrogen) atoms. The lowest BCUT2D eigenvalue weighted by Crippen LogP contribution is -2.11. The number of carboxylic acid groups (broad SMARTS) is 1. The van der Waals surface area contributed by atoms with Crippen LogP contribution < -0.4 is 0 Å². The summed E-state index contributed by atoms with van der Waals surface area (Å²) in [6.07, 6.45) is 2.35. The Kier molecular flexibility index (Phi) is 4.03. The van der Waals surface area contributed by atoms with Crippen molar-refractivity contribution >= 4 is 11.9 Å². The molecule has 0 fully saturated rings. The van der Waals surface area contributed by atoms with Gasteiger partial charge in [0.15, 0.2) is 0 Å². The average molecular weight is 218 g/mol. The van der Waals surface area contributed by atoms with Gasteiger partial charge in [-0.15, -0.1) is 0 Å². The zero-order chi connectivity index (χ0) is 12.0. The third kappa shape index (κ3) is 3.09. The number of ether oxygens (including phenoxy) is 1. The molecule has 0 aliphatic heterocycles. The van der Waals surface area contributed by atoms with Gasteiger partial charge < -0.3 is 9.84 Å². The van der Waals surface area contributed by atoms with Crippen LogP contribution in [0.3, 0.4) is 0 Å². The normalized spacial score (nSPS) is 10.6. The summed E-state index contributed by atoms with van der Waals surface area (Å²) in [6, 6.07) is 8.14. The number of aliphatic carboxylic acids is 1. The molecule has 0 aliphatic rings. The van der Waals surface area contributed by atoms with E-state index in [0.29, 0.717) is 5.56 Å². The minimum absolute atomic E-state index is 0.290. The Hall–Kier alpha value is -2.36. The summed E-state index contributed by atoms with van der Waals surface area (Å²) in [6.45, 7) is 3.33. The first kappa shape index (κ1) is 11.7. The van der Waals surface area contributed by atoms with Crippen LogP contribution in [0.4, 0.5) is 0 Å². The maximum Gasteiger partial charge on any atom is 0.371 e. The average Bonchev–Trinajstić information content (AvgIpc) is 2.29. The van der Waals surface area contributed by atoms with Crippen LogP contribution in [0.2, 0.25) is 0 Å². The number of allylic oxidation sites excluding steroid dienone is 2. The second-order valence-corrected chi connectivity index (χ2v) is 2.83. The first-order valence-electron chi connectivity index (χ1n) is 4.48. The minimum Gasteiger partial charge on any atom is -0.475 e. The van der Waals surface area contributed by atoms with E-state index < -0.39 is 17.7 Å². The zero-order valence-corrected chi connectivity index (χ0v) is 8.42. The monoisotopic (exact) mass is 218 g/mol.